The third-order valence-corrected chi connectivity index (χ3v) is 5.07. The molecule has 0 aliphatic carbocycles. The van der Waals surface area contributed by atoms with E-state index in [1.165, 1.54) is 12.0 Å². The highest BCUT2D eigenvalue weighted by Crippen LogP contribution is 2.32. The van der Waals surface area contributed by atoms with Crippen molar-refractivity contribution in [2.75, 3.05) is 28.4 Å². The van der Waals surface area contributed by atoms with Crippen molar-refractivity contribution in [1.29, 1.82) is 0 Å². The van der Waals surface area contributed by atoms with E-state index in [0.29, 0.717) is 11.5 Å². The Hall–Kier alpha value is -2.47. The molecule has 0 heterocycles. The molecule has 0 saturated carbocycles. The SMILES string of the molecule is C/C=C/C(C)(C)c1cc(OC)cc(OC)c1.CCC.COc1cc(OC)cc(C(C)(C)C=O)c1.[Br-]. The molecule has 0 unspecified atom stereocenters. The molecule has 0 spiro atoms. The smallest absolute Gasteiger partial charge is 0.129 e. The molecule has 0 aliphatic heterocycles. The molecule has 2 rings (SSSR count). The average Bonchev–Trinajstić information content (AvgIpc) is 2.84. The summed E-state index contributed by atoms with van der Waals surface area (Å²) in [6.07, 6.45) is 6.40. The predicted octanol–water partition coefficient (Wildman–Crippen LogP) is 4.16. The van der Waals surface area contributed by atoms with Crippen LogP contribution < -0.4 is 35.9 Å². The van der Waals surface area contributed by atoms with Crippen LogP contribution >= 0.6 is 0 Å². The summed E-state index contributed by atoms with van der Waals surface area (Å²) >= 11 is 0. The third-order valence-electron chi connectivity index (χ3n) is 5.07. The minimum atomic E-state index is -0.526. The highest BCUT2D eigenvalue weighted by Gasteiger charge is 2.21. The molecule has 6 heteroatoms. The zero-order chi connectivity index (χ0) is 26.4. The number of allylic oxidation sites excluding steroid dienone is 2. The van der Waals surface area contributed by atoms with Crippen molar-refractivity contribution >= 4 is 6.29 Å². The van der Waals surface area contributed by atoms with Gasteiger partial charge in [-0.1, -0.05) is 46.3 Å². The normalized spacial score (nSPS) is 10.6. The molecule has 2 aromatic carbocycles. The number of hydrogen-bond donors (Lipinski definition) is 0. The Morgan fingerprint density at radius 2 is 0.943 bits per heavy atom. The van der Waals surface area contributed by atoms with E-state index >= 15 is 0 Å². The van der Waals surface area contributed by atoms with Crippen LogP contribution in [0.15, 0.2) is 48.6 Å². The standard InChI is InChI=1S/C14H20O2.C12H16O3.C3H8.BrH/c1-6-7-14(2,3)11-8-12(15-4)10-13(9-11)16-5;1-12(2,8-13)9-5-10(14-3)7-11(6-9)15-4;1-3-2;/h6-10H,1-5H3;5-8H,1-4H3;3H2,1-2H3;1H/p-1/b7-6+;;;. The van der Waals surface area contributed by atoms with E-state index in [2.05, 4.69) is 39.8 Å². The molecular formula is C29H44BrO5-. The van der Waals surface area contributed by atoms with Gasteiger partial charge in [0.25, 0.3) is 0 Å². The van der Waals surface area contributed by atoms with Crippen molar-refractivity contribution in [3.63, 3.8) is 0 Å². The average molecular weight is 553 g/mol. The topological polar surface area (TPSA) is 54.0 Å². The van der Waals surface area contributed by atoms with Crippen molar-refractivity contribution < 1.29 is 40.7 Å². The molecule has 0 fully saturated rings. The second kappa shape index (κ2) is 17.0. The largest absolute Gasteiger partial charge is 1.00 e. The van der Waals surface area contributed by atoms with E-state index < -0.39 is 5.41 Å². The first-order valence-electron chi connectivity index (χ1n) is 11.6. The van der Waals surface area contributed by atoms with Gasteiger partial charge in [0.1, 0.15) is 29.3 Å². The van der Waals surface area contributed by atoms with Crippen molar-refractivity contribution in [1.82, 2.24) is 0 Å². The molecule has 0 amide bonds. The summed E-state index contributed by atoms with van der Waals surface area (Å²) in [6.45, 7) is 14.3. The molecule has 0 bridgehead atoms. The minimum Gasteiger partial charge on any atom is -1.00 e. The zero-order valence-corrected chi connectivity index (χ0v) is 24.9. The fraction of sp³-hybridized carbons (Fsp3) is 0.483. The molecule has 0 N–H and O–H groups in total. The van der Waals surface area contributed by atoms with E-state index in [9.17, 15) is 4.79 Å². The number of halogens is 1. The van der Waals surface area contributed by atoms with E-state index in [1.54, 1.807) is 34.5 Å². The number of rotatable bonds is 8. The number of carbonyl (C=O) groups is 1. The molecule has 0 aliphatic rings. The second-order valence-corrected chi connectivity index (χ2v) is 8.97. The number of aldehydes is 1. The lowest BCUT2D eigenvalue weighted by atomic mass is 9.84. The lowest BCUT2D eigenvalue weighted by Crippen LogP contribution is -3.00. The summed E-state index contributed by atoms with van der Waals surface area (Å²) in [4.78, 5) is 10.9. The third kappa shape index (κ3) is 11.7. The quantitative estimate of drug-likeness (QED) is 0.364. The van der Waals surface area contributed by atoms with Gasteiger partial charge in [-0.15, -0.1) is 0 Å². The summed E-state index contributed by atoms with van der Waals surface area (Å²) in [6, 6.07) is 11.4. The number of methoxy groups -OCH3 is 4. The first-order valence-corrected chi connectivity index (χ1v) is 11.6. The Bertz CT molecular complexity index is 859. The van der Waals surface area contributed by atoms with Crippen LogP contribution in [-0.4, -0.2) is 34.7 Å². The fourth-order valence-corrected chi connectivity index (χ4v) is 2.94. The van der Waals surface area contributed by atoms with Crippen molar-refractivity contribution in [3.05, 3.63) is 59.7 Å². The Balaban J connectivity index is 0. The molecule has 198 valence electrons. The van der Waals surface area contributed by atoms with E-state index in [1.807, 2.05) is 51.1 Å². The van der Waals surface area contributed by atoms with Gasteiger partial charge in [0.05, 0.1) is 28.4 Å². The Labute approximate surface area is 223 Å². The Morgan fingerprint density at radius 1 is 0.657 bits per heavy atom. The lowest BCUT2D eigenvalue weighted by molar-refractivity contribution is -0.111. The van der Waals surface area contributed by atoms with Crippen LogP contribution in [0, 0.1) is 0 Å². The van der Waals surface area contributed by atoms with Gasteiger partial charge in [-0.2, -0.15) is 0 Å². The summed E-state index contributed by atoms with van der Waals surface area (Å²) in [7, 11) is 6.52. The first-order chi connectivity index (χ1) is 16.0. The first kappa shape index (κ1) is 34.7. The molecular weight excluding hydrogens is 508 g/mol. The van der Waals surface area contributed by atoms with Crippen molar-refractivity contribution in [3.8, 4) is 23.0 Å². The Kier molecular flexibility index (Phi) is 16.9. The second-order valence-electron chi connectivity index (χ2n) is 8.97. The van der Waals surface area contributed by atoms with Gasteiger partial charge in [0.15, 0.2) is 0 Å². The summed E-state index contributed by atoms with van der Waals surface area (Å²) in [5, 5.41) is 0. The summed E-state index contributed by atoms with van der Waals surface area (Å²) < 4.78 is 20.8. The van der Waals surface area contributed by atoms with Gasteiger partial charge < -0.3 is 40.7 Å². The highest BCUT2D eigenvalue weighted by molar-refractivity contribution is 5.68. The maximum Gasteiger partial charge on any atom is 0.129 e. The Morgan fingerprint density at radius 3 is 1.17 bits per heavy atom. The molecule has 0 saturated heterocycles. The molecule has 5 nitrogen and oxygen atoms in total. The van der Waals surface area contributed by atoms with Crippen LogP contribution in [0.1, 0.15) is 66.0 Å². The molecule has 35 heavy (non-hydrogen) atoms. The minimum absolute atomic E-state index is 0. The van der Waals surface area contributed by atoms with Crippen LogP contribution in [0.5, 0.6) is 23.0 Å². The van der Waals surface area contributed by atoms with E-state index in [-0.39, 0.29) is 22.4 Å². The molecule has 0 radical (unpaired) electrons. The number of carbonyl (C=O) groups excluding carboxylic acids is 1. The maximum atomic E-state index is 10.9. The van der Waals surface area contributed by atoms with E-state index in [4.69, 9.17) is 18.9 Å². The number of hydrogen-bond acceptors (Lipinski definition) is 5. The van der Waals surface area contributed by atoms with Gasteiger partial charge in [-0.05, 0) is 56.2 Å². The monoisotopic (exact) mass is 551 g/mol. The fourth-order valence-electron chi connectivity index (χ4n) is 2.94. The summed E-state index contributed by atoms with van der Waals surface area (Å²) in [5.41, 5.74) is 1.52. The van der Waals surface area contributed by atoms with Crippen LogP contribution in [0.2, 0.25) is 0 Å². The maximum absolute atomic E-state index is 10.9. The van der Waals surface area contributed by atoms with Crippen LogP contribution in [-0.2, 0) is 15.6 Å². The lowest BCUT2D eigenvalue weighted by Gasteiger charge is -2.22. The van der Waals surface area contributed by atoms with Gasteiger partial charge in [-0.3, -0.25) is 0 Å². The molecule has 2 aromatic rings. The van der Waals surface area contributed by atoms with Crippen LogP contribution in [0.25, 0.3) is 0 Å². The van der Waals surface area contributed by atoms with Crippen molar-refractivity contribution in [2.45, 2.75) is 65.7 Å². The predicted molar refractivity (Wildman–Crippen MR) is 142 cm³/mol. The number of ether oxygens (including phenoxy) is 4. The van der Waals surface area contributed by atoms with Crippen LogP contribution in [0.3, 0.4) is 0 Å². The van der Waals surface area contributed by atoms with Gasteiger partial charge in [0, 0.05) is 23.0 Å². The van der Waals surface area contributed by atoms with Gasteiger partial charge in [0.2, 0.25) is 0 Å². The van der Waals surface area contributed by atoms with Gasteiger partial charge in [-0.25, -0.2) is 0 Å². The van der Waals surface area contributed by atoms with Gasteiger partial charge >= 0.3 is 0 Å². The molecule has 0 atom stereocenters. The van der Waals surface area contributed by atoms with Crippen molar-refractivity contribution in [2.24, 2.45) is 0 Å². The van der Waals surface area contributed by atoms with Crippen LogP contribution in [0.4, 0.5) is 0 Å². The molecule has 0 aromatic heterocycles. The summed E-state index contributed by atoms with van der Waals surface area (Å²) in [5.74, 6) is 3.04. The highest BCUT2D eigenvalue weighted by atomic mass is 79.9. The zero-order valence-electron chi connectivity index (χ0n) is 23.3. The van der Waals surface area contributed by atoms with E-state index in [0.717, 1.165) is 23.3 Å². The number of benzene rings is 2.